The Morgan fingerprint density at radius 2 is 2.10 bits per heavy atom. The molecule has 0 amide bonds. The molecule has 1 unspecified atom stereocenters. The van der Waals surface area contributed by atoms with Crippen molar-refractivity contribution in [1.29, 1.82) is 0 Å². The average Bonchev–Trinajstić information content (AvgIpc) is 2.93. The van der Waals surface area contributed by atoms with Gasteiger partial charge in [0.2, 0.25) is 0 Å². The van der Waals surface area contributed by atoms with Crippen molar-refractivity contribution in [2.24, 2.45) is 5.16 Å². The number of oxime groups is 1. The highest BCUT2D eigenvalue weighted by Gasteiger charge is 2.20. The highest BCUT2D eigenvalue weighted by atomic mass is 35.5. The molecule has 0 saturated carbocycles. The van der Waals surface area contributed by atoms with E-state index in [1.165, 1.54) is 12.3 Å². The maximum absolute atomic E-state index is 11.0. The van der Waals surface area contributed by atoms with Crippen LogP contribution in [0, 0.1) is 0 Å². The van der Waals surface area contributed by atoms with Gasteiger partial charge in [0.15, 0.2) is 6.10 Å². The quantitative estimate of drug-likeness (QED) is 0.622. The first-order valence-electron chi connectivity index (χ1n) is 5.94. The largest absolute Gasteiger partial charge is 0.477 e. The number of aromatic carboxylic acids is 1. The summed E-state index contributed by atoms with van der Waals surface area (Å²) in [6, 6.07) is 8.35. The molecule has 0 radical (unpaired) electrons. The molecule has 0 aliphatic rings. The van der Waals surface area contributed by atoms with E-state index < -0.39 is 12.1 Å². The monoisotopic (exact) mass is 343 g/mol. The molecule has 0 aliphatic carbocycles. The molecule has 1 aromatic heterocycles. The molecule has 110 valence electrons. The van der Waals surface area contributed by atoms with Crippen molar-refractivity contribution in [1.82, 2.24) is 0 Å². The fraction of sp³-hybridized carbons (Fsp3) is 0.143. The van der Waals surface area contributed by atoms with Gasteiger partial charge in [0.05, 0.1) is 14.9 Å². The van der Waals surface area contributed by atoms with Crippen LogP contribution in [0.2, 0.25) is 10.0 Å². The second-order valence-corrected chi connectivity index (χ2v) is 5.96. The van der Waals surface area contributed by atoms with E-state index in [9.17, 15) is 4.79 Å². The summed E-state index contributed by atoms with van der Waals surface area (Å²) in [6.07, 6.45) is 0.977. The van der Waals surface area contributed by atoms with Gasteiger partial charge in [0, 0.05) is 11.8 Å². The Morgan fingerprint density at radius 3 is 2.67 bits per heavy atom. The zero-order valence-corrected chi connectivity index (χ0v) is 13.2. The summed E-state index contributed by atoms with van der Waals surface area (Å²) in [5, 5.41) is 13.6. The standard InChI is InChI=1S/C14H11Cl2NO3S/c1-2-17-20-13(8-3-4-9(15)10(16)7-8)11-5-6-12(21-11)14(18)19/h2-7,13H,1H3,(H,18,19). The molecule has 4 nitrogen and oxygen atoms in total. The van der Waals surface area contributed by atoms with Crippen molar-refractivity contribution in [2.75, 3.05) is 0 Å². The number of benzene rings is 1. The number of hydrogen-bond donors (Lipinski definition) is 1. The summed E-state index contributed by atoms with van der Waals surface area (Å²) in [6.45, 7) is 1.73. The molecule has 7 heteroatoms. The number of nitrogens with zero attached hydrogens (tertiary/aromatic N) is 1. The van der Waals surface area contributed by atoms with Gasteiger partial charge < -0.3 is 9.94 Å². The highest BCUT2D eigenvalue weighted by molar-refractivity contribution is 7.14. The number of carboxylic acids is 1. The lowest BCUT2D eigenvalue weighted by molar-refractivity contribution is 0.0702. The molecule has 2 aromatic rings. The second-order valence-electron chi connectivity index (χ2n) is 4.03. The first kappa shape index (κ1) is 15.8. The number of carboxylic acid groups (broad SMARTS) is 1. The normalized spacial score (nSPS) is 12.5. The molecule has 0 aliphatic heterocycles. The van der Waals surface area contributed by atoms with Crippen LogP contribution in [0.4, 0.5) is 0 Å². The van der Waals surface area contributed by atoms with Crippen LogP contribution in [-0.2, 0) is 4.84 Å². The maximum atomic E-state index is 11.0. The van der Waals surface area contributed by atoms with Gasteiger partial charge in [-0.2, -0.15) is 0 Å². The molecule has 2 rings (SSSR count). The third kappa shape index (κ3) is 3.75. The van der Waals surface area contributed by atoms with Gasteiger partial charge in [0.25, 0.3) is 0 Å². The Hall–Kier alpha value is -1.56. The van der Waals surface area contributed by atoms with Crippen LogP contribution in [0.3, 0.4) is 0 Å². The fourth-order valence-electron chi connectivity index (χ4n) is 1.68. The Balaban J connectivity index is 2.41. The van der Waals surface area contributed by atoms with Crippen molar-refractivity contribution < 1.29 is 14.7 Å². The van der Waals surface area contributed by atoms with Gasteiger partial charge in [-0.1, -0.05) is 34.4 Å². The van der Waals surface area contributed by atoms with Crippen LogP contribution in [-0.4, -0.2) is 17.3 Å². The Labute approximate surface area is 135 Å². The lowest BCUT2D eigenvalue weighted by Gasteiger charge is -2.14. The van der Waals surface area contributed by atoms with Crippen molar-refractivity contribution >= 4 is 46.7 Å². The van der Waals surface area contributed by atoms with E-state index in [4.69, 9.17) is 33.1 Å². The molecule has 0 spiro atoms. The molecule has 0 saturated heterocycles. The molecule has 1 N–H and O–H groups in total. The van der Waals surface area contributed by atoms with Crippen molar-refractivity contribution in [3.8, 4) is 0 Å². The average molecular weight is 344 g/mol. The predicted molar refractivity (Wildman–Crippen MR) is 84.8 cm³/mol. The summed E-state index contributed by atoms with van der Waals surface area (Å²) in [4.78, 5) is 17.4. The topological polar surface area (TPSA) is 58.9 Å². The molecule has 21 heavy (non-hydrogen) atoms. The van der Waals surface area contributed by atoms with Crippen LogP contribution in [0.25, 0.3) is 0 Å². The zero-order chi connectivity index (χ0) is 15.4. The molecule has 1 aromatic carbocycles. The minimum atomic E-state index is -0.974. The first-order chi connectivity index (χ1) is 10.0. The van der Waals surface area contributed by atoms with Gasteiger partial charge in [-0.05, 0) is 31.2 Å². The number of rotatable bonds is 5. The van der Waals surface area contributed by atoms with E-state index in [0.29, 0.717) is 10.0 Å². The summed E-state index contributed by atoms with van der Waals surface area (Å²) >= 11 is 13.1. The van der Waals surface area contributed by atoms with E-state index in [-0.39, 0.29) is 4.88 Å². The first-order valence-corrected chi connectivity index (χ1v) is 7.52. The van der Waals surface area contributed by atoms with Gasteiger partial charge in [-0.3, -0.25) is 0 Å². The van der Waals surface area contributed by atoms with Crippen LogP contribution in [0.5, 0.6) is 0 Å². The minimum absolute atomic E-state index is 0.235. The fourth-order valence-corrected chi connectivity index (χ4v) is 2.89. The summed E-state index contributed by atoms with van der Waals surface area (Å²) < 4.78 is 0. The molecular formula is C14H11Cl2NO3S. The smallest absolute Gasteiger partial charge is 0.345 e. The SMILES string of the molecule is CC=NOC(c1ccc(Cl)c(Cl)c1)c1ccc(C(=O)O)s1. The van der Waals surface area contributed by atoms with Crippen LogP contribution in [0.15, 0.2) is 35.5 Å². The third-order valence-corrected chi connectivity index (χ3v) is 4.47. The summed E-state index contributed by atoms with van der Waals surface area (Å²) in [5.74, 6) is -0.974. The lowest BCUT2D eigenvalue weighted by atomic mass is 10.1. The van der Waals surface area contributed by atoms with Gasteiger partial charge in [-0.25, -0.2) is 4.79 Å². The molecule has 0 bridgehead atoms. The van der Waals surface area contributed by atoms with E-state index in [1.54, 1.807) is 31.2 Å². The van der Waals surface area contributed by atoms with Crippen LogP contribution >= 0.6 is 34.5 Å². The second kappa shape index (κ2) is 6.93. The van der Waals surface area contributed by atoms with Crippen molar-refractivity contribution in [2.45, 2.75) is 13.0 Å². The Morgan fingerprint density at radius 1 is 1.33 bits per heavy atom. The molecule has 0 fully saturated rings. The summed E-state index contributed by atoms with van der Waals surface area (Å²) in [7, 11) is 0. The van der Waals surface area contributed by atoms with Crippen molar-refractivity contribution in [3.63, 3.8) is 0 Å². The number of hydrogen-bond acceptors (Lipinski definition) is 4. The Bertz CT molecular complexity index is 685. The predicted octanol–water partition coefficient (Wildman–Crippen LogP) is 4.86. The van der Waals surface area contributed by atoms with E-state index >= 15 is 0 Å². The molecule has 1 atom stereocenters. The van der Waals surface area contributed by atoms with Crippen LogP contribution < -0.4 is 0 Å². The summed E-state index contributed by atoms with van der Waals surface area (Å²) in [5.41, 5.74) is 0.744. The van der Waals surface area contributed by atoms with E-state index in [1.807, 2.05) is 0 Å². The van der Waals surface area contributed by atoms with Gasteiger partial charge in [0.1, 0.15) is 4.88 Å². The Kier molecular flexibility index (Phi) is 5.22. The third-order valence-electron chi connectivity index (χ3n) is 2.61. The number of thiophene rings is 1. The van der Waals surface area contributed by atoms with Gasteiger partial charge in [-0.15, -0.1) is 11.3 Å². The highest BCUT2D eigenvalue weighted by Crippen LogP contribution is 2.34. The molecule has 1 heterocycles. The lowest BCUT2D eigenvalue weighted by Crippen LogP contribution is -2.01. The van der Waals surface area contributed by atoms with Crippen molar-refractivity contribution in [3.05, 3.63) is 55.7 Å². The number of halogens is 2. The van der Waals surface area contributed by atoms with Crippen LogP contribution in [0.1, 0.15) is 33.1 Å². The van der Waals surface area contributed by atoms with Gasteiger partial charge >= 0.3 is 5.97 Å². The van der Waals surface area contributed by atoms with E-state index in [2.05, 4.69) is 5.16 Å². The number of carbonyl (C=O) groups is 1. The van der Waals surface area contributed by atoms with E-state index in [0.717, 1.165) is 21.8 Å². The molecular weight excluding hydrogens is 333 g/mol. The zero-order valence-electron chi connectivity index (χ0n) is 10.9. The minimum Gasteiger partial charge on any atom is -0.477 e. The maximum Gasteiger partial charge on any atom is 0.345 e.